The first-order valence-corrected chi connectivity index (χ1v) is 10.5. The number of hydrogen-bond acceptors (Lipinski definition) is 6. The monoisotopic (exact) mass is 529 g/mol. The van der Waals surface area contributed by atoms with Crippen molar-refractivity contribution in [1.29, 1.82) is 0 Å². The Kier molecular flexibility index (Phi) is 7.77. The van der Waals surface area contributed by atoms with Gasteiger partial charge in [0.25, 0.3) is 5.91 Å². The second-order valence-electron chi connectivity index (χ2n) is 7.36. The maximum absolute atomic E-state index is 15.1. The van der Waals surface area contributed by atoms with E-state index >= 15 is 4.39 Å². The predicted molar refractivity (Wildman–Crippen MR) is 119 cm³/mol. The average molecular weight is 530 g/mol. The van der Waals surface area contributed by atoms with Crippen LogP contribution in [-0.4, -0.2) is 41.2 Å². The third kappa shape index (κ3) is 5.70. The standard InChI is InChI=1S/C23H17ClF5N3O4/c1-10-19(22(34)35-3)31-17(9-30-10)12-8-18(36-11(2)23(27,28)29)13(7-16(12)26)21(33)32-20-14(24)5-4-6-15(20)25/h4-9,11H,1-3H3,(H,32,33)/t11-/m0/s1. The molecular formula is C23H17ClF5N3O4. The van der Waals surface area contributed by atoms with Gasteiger partial charge < -0.3 is 14.8 Å². The molecule has 0 saturated heterocycles. The lowest BCUT2D eigenvalue weighted by molar-refractivity contribution is -0.189. The van der Waals surface area contributed by atoms with E-state index in [1.807, 2.05) is 0 Å². The number of anilines is 1. The van der Waals surface area contributed by atoms with Gasteiger partial charge in [-0.05, 0) is 38.1 Å². The van der Waals surface area contributed by atoms with Gasteiger partial charge in [0.05, 0.1) is 41.0 Å². The number of ether oxygens (including phenoxy) is 2. The second-order valence-corrected chi connectivity index (χ2v) is 7.77. The zero-order valence-electron chi connectivity index (χ0n) is 18.8. The molecule has 0 bridgehead atoms. The molecule has 1 heterocycles. The van der Waals surface area contributed by atoms with Crippen LogP contribution in [0.25, 0.3) is 11.3 Å². The van der Waals surface area contributed by atoms with Crippen molar-refractivity contribution in [3.8, 4) is 17.0 Å². The highest BCUT2D eigenvalue weighted by atomic mass is 35.5. The first kappa shape index (κ1) is 26.8. The molecule has 0 aliphatic carbocycles. The van der Waals surface area contributed by atoms with Gasteiger partial charge in [-0.25, -0.2) is 18.6 Å². The quantitative estimate of drug-likeness (QED) is 0.323. The number of aryl methyl sites for hydroxylation is 1. The second kappa shape index (κ2) is 10.4. The summed E-state index contributed by atoms with van der Waals surface area (Å²) in [6.45, 7) is 2.12. The number of carbonyl (C=O) groups excluding carboxylic acids is 2. The summed E-state index contributed by atoms with van der Waals surface area (Å²) in [7, 11) is 1.09. The predicted octanol–water partition coefficient (Wildman–Crippen LogP) is 5.75. The largest absolute Gasteiger partial charge is 0.480 e. The van der Waals surface area contributed by atoms with E-state index in [9.17, 15) is 27.2 Å². The van der Waals surface area contributed by atoms with Crippen molar-refractivity contribution < 1.29 is 41.0 Å². The summed E-state index contributed by atoms with van der Waals surface area (Å²) in [5.41, 5.74) is -1.90. The van der Waals surface area contributed by atoms with E-state index < -0.39 is 58.4 Å². The van der Waals surface area contributed by atoms with Crippen LogP contribution >= 0.6 is 11.6 Å². The molecule has 1 atom stereocenters. The van der Waals surface area contributed by atoms with Crippen molar-refractivity contribution >= 4 is 29.2 Å². The van der Waals surface area contributed by atoms with Gasteiger partial charge in [-0.15, -0.1) is 0 Å². The van der Waals surface area contributed by atoms with Gasteiger partial charge in [0.1, 0.15) is 17.4 Å². The molecular weight excluding hydrogens is 513 g/mol. The van der Waals surface area contributed by atoms with Crippen LogP contribution in [0.2, 0.25) is 5.02 Å². The first-order valence-electron chi connectivity index (χ1n) is 10.1. The molecule has 13 heteroatoms. The zero-order valence-corrected chi connectivity index (χ0v) is 19.6. The Hall–Kier alpha value is -3.80. The summed E-state index contributed by atoms with van der Waals surface area (Å²) in [4.78, 5) is 32.7. The van der Waals surface area contributed by atoms with E-state index in [2.05, 4.69) is 20.0 Å². The highest BCUT2D eigenvalue weighted by Gasteiger charge is 2.39. The molecule has 0 unspecified atom stereocenters. The van der Waals surface area contributed by atoms with Crippen molar-refractivity contribution in [3.05, 3.63) is 70.1 Å². The number of amides is 1. The topological polar surface area (TPSA) is 90.4 Å². The SMILES string of the molecule is COC(=O)c1nc(-c2cc(O[C@@H](C)C(F)(F)F)c(C(=O)Nc3c(F)cccc3Cl)cc2F)cnc1C. The number of carbonyl (C=O) groups is 2. The minimum absolute atomic E-state index is 0.158. The Morgan fingerprint density at radius 2 is 1.83 bits per heavy atom. The lowest BCUT2D eigenvalue weighted by atomic mass is 10.1. The third-order valence-corrected chi connectivity index (χ3v) is 5.20. The fraction of sp³-hybridized carbons (Fsp3) is 0.217. The molecule has 0 fully saturated rings. The van der Waals surface area contributed by atoms with Crippen molar-refractivity contribution in [3.63, 3.8) is 0 Å². The van der Waals surface area contributed by atoms with Crippen LogP contribution in [0.5, 0.6) is 5.75 Å². The number of hydrogen-bond donors (Lipinski definition) is 1. The maximum Gasteiger partial charge on any atom is 0.425 e. The summed E-state index contributed by atoms with van der Waals surface area (Å²) in [5.74, 6) is -4.79. The summed E-state index contributed by atoms with van der Waals surface area (Å²) in [5, 5.41) is 1.91. The van der Waals surface area contributed by atoms with Crippen LogP contribution in [-0.2, 0) is 4.74 Å². The molecule has 3 rings (SSSR count). The summed E-state index contributed by atoms with van der Waals surface area (Å²) in [6.07, 6.45) is -6.16. The van der Waals surface area contributed by atoms with Gasteiger partial charge in [0, 0.05) is 5.56 Å². The molecule has 3 aromatic rings. The smallest absolute Gasteiger partial charge is 0.425 e. The van der Waals surface area contributed by atoms with Crippen LogP contribution in [0.3, 0.4) is 0 Å². The molecule has 0 aliphatic rings. The van der Waals surface area contributed by atoms with Gasteiger partial charge in [-0.2, -0.15) is 13.2 Å². The Morgan fingerprint density at radius 3 is 2.44 bits per heavy atom. The highest BCUT2D eigenvalue weighted by Crippen LogP contribution is 2.34. The Morgan fingerprint density at radius 1 is 1.14 bits per heavy atom. The lowest BCUT2D eigenvalue weighted by Gasteiger charge is -2.21. The summed E-state index contributed by atoms with van der Waals surface area (Å²) in [6, 6.07) is 4.92. The van der Waals surface area contributed by atoms with E-state index in [1.54, 1.807) is 0 Å². The van der Waals surface area contributed by atoms with E-state index in [-0.39, 0.29) is 22.1 Å². The summed E-state index contributed by atoms with van der Waals surface area (Å²) < 4.78 is 78.4. The van der Waals surface area contributed by atoms with Gasteiger partial charge in [0.15, 0.2) is 11.8 Å². The number of para-hydroxylation sites is 1. The number of halogens is 6. The normalized spacial score (nSPS) is 12.1. The highest BCUT2D eigenvalue weighted by molar-refractivity contribution is 6.34. The Labute approximate surface area is 206 Å². The number of alkyl halides is 3. The number of nitrogens with one attached hydrogen (secondary N) is 1. The van der Waals surface area contributed by atoms with Crippen LogP contribution in [0.15, 0.2) is 36.5 Å². The fourth-order valence-corrected chi connectivity index (χ4v) is 3.16. The number of benzene rings is 2. The number of esters is 1. The number of aromatic nitrogens is 2. The van der Waals surface area contributed by atoms with Gasteiger partial charge in [-0.1, -0.05) is 17.7 Å². The lowest BCUT2D eigenvalue weighted by Crippen LogP contribution is -2.32. The van der Waals surface area contributed by atoms with Gasteiger partial charge in [0.2, 0.25) is 0 Å². The fourth-order valence-electron chi connectivity index (χ4n) is 2.95. The van der Waals surface area contributed by atoms with Gasteiger partial charge >= 0.3 is 12.1 Å². The zero-order chi connectivity index (χ0) is 26.8. The van der Waals surface area contributed by atoms with Crippen LogP contribution in [0.1, 0.15) is 33.5 Å². The average Bonchev–Trinajstić information content (AvgIpc) is 2.81. The minimum atomic E-state index is -4.83. The van der Waals surface area contributed by atoms with Crippen molar-refractivity contribution in [2.24, 2.45) is 0 Å². The van der Waals surface area contributed by atoms with E-state index in [0.717, 1.165) is 25.4 Å². The van der Waals surface area contributed by atoms with Crippen molar-refractivity contribution in [2.45, 2.75) is 26.1 Å². The Balaban J connectivity index is 2.13. The third-order valence-electron chi connectivity index (χ3n) is 4.89. The van der Waals surface area contributed by atoms with Crippen LogP contribution < -0.4 is 10.1 Å². The minimum Gasteiger partial charge on any atom is -0.480 e. The van der Waals surface area contributed by atoms with E-state index in [0.29, 0.717) is 13.0 Å². The van der Waals surface area contributed by atoms with Crippen molar-refractivity contribution in [2.75, 3.05) is 12.4 Å². The molecule has 0 aliphatic heterocycles. The first-order chi connectivity index (χ1) is 16.8. The van der Waals surface area contributed by atoms with Crippen LogP contribution in [0.4, 0.5) is 27.6 Å². The van der Waals surface area contributed by atoms with Gasteiger partial charge in [-0.3, -0.25) is 9.78 Å². The molecule has 1 aromatic heterocycles. The molecule has 0 spiro atoms. The molecule has 0 radical (unpaired) electrons. The number of methoxy groups -OCH3 is 1. The maximum atomic E-state index is 15.1. The molecule has 7 nitrogen and oxygen atoms in total. The van der Waals surface area contributed by atoms with Crippen LogP contribution in [0, 0.1) is 18.6 Å². The van der Waals surface area contributed by atoms with E-state index in [1.165, 1.54) is 19.1 Å². The summed E-state index contributed by atoms with van der Waals surface area (Å²) >= 11 is 5.88. The number of nitrogens with zero attached hydrogens (tertiary/aromatic N) is 2. The molecule has 36 heavy (non-hydrogen) atoms. The van der Waals surface area contributed by atoms with Crippen molar-refractivity contribution in [1.82, 2.24) is 9.97 Å². The number of rotatable bonds is 6. The Bertz CT molecular complexity index is 1310. The molecule has 190 valence electrons. The molecule has 2 aromatic carbocycles. The molecule has 0 saturated carbocycles. The molecule has 1 amide bonds. The molecule has 1 N–H and O–H groups in total. The van der Waals surface area contributed by atoms with E-state index in [4.69, 9.17) is 16.3 Å².